The van der Waals surface area contributed by atoms with Crippen LogP contribution in [0.5, 0.6) is 0 Å². The molecule has 0 amide bonds. The van der Waals surface area contributed by atoms with Gasteiger partial charge in [-0.05, 0) is 42.6 Å². The number of halogens is 1. The Kier molecular flexibility index (Phi) is 3.68. The topological polar surface area (TPSA) is 42.2 Å². The van der Waals surface area contributed by atoms with Gasteiger partial charge in [0.05, 0.1) is 5.52 Å². The number of rotatable bonds is 2. The fourth-order valence-electron chi connectivity index (χ4n) is 2.98. The lowest BCUT2D eigenvalue weighted by Crippen LogP contribution is -2.45. The van der Waals surface area contributed by atoms with Crippen LogP contribution in [0.15, 0.2) is 30.5 Å². The molecule has 2 atom stereocenters. The van der Waals surface area contributed by atoms with Crippen molar-refractivity contribution < 1.29 is 4.39 Å². The molecule has 0 saturated carbocycles. The van der Waals surface area contributed by atoms with Crippen LogP contribution in [0.25, 0.3) is 10.9 Å². The fraction of sp³-hybridized carbons (Fsp3) is 0.438. The maximum absolute atomic E-state index is 13.7. The number of benzene rings is 1. The number of fused-ring (bicyclic) bond motifs is 1. The average Bonchev–Trinajstić information content (AvgIpc) is 2.43. The second kappa shape index (κ2) is 5.46. The average molecular weight is 273 g/mol. The number of aromatic nitrogens is 1. The van der Waals surface area contributed by atoms with Gasteiger partial charge in [0.25, 0.3) is 0 Å². The maximum atomic E-state index is 13.7. The van der Waals surface area contributed by atoms with Crippen LogP contribution in [0.3, 0.4) is 0 Å². The van der Waals surface area contributed by atoms with Gasteiger partial charge >= 0.3 is 0 Å². The Bertz CT molecular complexity index is 614. The van der Waals surface area contributed by atoms with Gasteiger partial charge in [-0.25, -0.2) is 4.39 Å². The number of pyridine rings is 1. The largest absolute Gasteiger partial charge is 0.327 e. The van der Waals surface area contributed by atoms with Gasteiger partial charge < -0.3 is 5.73 Å². The Morgan fingerprint density at radius 2 is 2.30 bits per heavy atom. The minimum Gasteiger partial charge on any atom is -0.327 e. The molecule has 1 fully saturated rings. The van der Waals surface area contributed by atoms with Gasteiger partial charge in [-0.1, -0.05) is 13.0 Å². The van der Waals surface area contributed by atoms with E-state index in [2.05, 4.69) is 16.8 Å². The predicted octanol–water partition coefficient (Wildman–Crippen LogP) is 2.54. The molecule has 2 N–H and O–H groups in total. The van der Waals surface area contributed by atoms with Gasteiger partial charge in [-0.2, -0.15) is 0 Å². The smallest absolute Gasteiger partial charge is 0.124 e. The van der Waals surface area contributed by atoms with E-state index in [1.165, 1.54) is 0 Å². The van der Waals surface area contributed by atoms with Crippen LogP contribution >= 0.6 is 0 Å². The second-order valence-electron chi connectivity index (χ2n) is 5.80. The third kappa shape index (κ3) is 2.67. The lowest BCUT2D eigenvalue weighted by atomic mass is 9.94. The Morgan fingerprint density at radius 1 is 1.45 bits per heavy atom. The lowest BCUT2D eigenvalue weighted by Gasteiger charge is -2.35. The quantitative estimate of drug-likeness (QED) is 0.914. The van der Waals surface area contributed by atoms with E-state index >= 15 is 0 Å². The van der Waals surface area contributed by atoms with E-state index in [1.807, 2.05) is 12.1 Å². The highest BCUT2D eigenvalue weighted by Gasteiger charge is 2.23. The highest BCUT2D eigenvalue weighted by Crippen LogP contribution is 2.22. The van der Waals surface area contributed by atoms with Crippen molar-refractivity contribution in [3.8, 4) is 0 Å². The molecule has 3 nitrogen and oxygen atoms in total. The molecule has 4 heteroatoms. The molecule has 20 heavy (non-hydrogen) atoms. The summed E-state index contributed by atoms with van der Waals surface area (Å²) in [5.41, 5.74) is 7.91. The van der Waals surface area contributed by atoms with E-state index < -0.39 is 0 Å². The van der Waals surface area contributed by atoms with Crippen molar-refractivity contribution in [2.75, 3.05) is 13.1 Å². The summed E-state index contributed by atoms with van der Waals surface area (Å²) in [6.45, 7) is 4.85. The first-order valence-electron chi connectivity index (χ1n) is 7.14. The lowest BCUT2D eigenvalue weighted by molar-refractivity contribution is 0.158. The van der Waals surface area contributed by atoms with E-state index in [1.54, 1.807) is 18.3 Å². The maximum Gasteiger partial charge on any atom is 0.124 e. The van der Waals surface area contributed by atoms with Crippen molar-refractivity contribution in [2.24, 2.45) is 11.7 Å². The zero-order valence-electron chi connectivity index (χ0n) is 11.7. The first kappa shape index (κ1) is 13.5. The van der Waals surface area contributed by atoms with Crippen molar-refractivity contribution in [1.82, 2.24) is 9.88 Å². The number of hydrogen-bond acceptors (Lipinski definition) is 3. The summed E-state index contributed by atoms with van der Waals surface area (Å²) in [5.74, 6) is 0.291. The Balaban J connectivity index is 1.87. The molecule has 106 valence electrons. The van der Waals surface area contributed by atoms with E-state index in [0.29, 0.717) is 5.92 Å². The molecule has 0 spiro atoms. The monoisotopic (exact) mass is 273 g/mol. The minimum absolute atomic E-state index is 0.192. The van der Waals surface area contributed by atoms with Crippen LogP contribution in [0, 0.1) is 11.7 Å². The normalized spacial score (nSPS) is 24.1. The van der Waals surface area contributed by atoms with Crippen LogP contribution in [0.4, 0.5) is 4.39 Å². The van der Waals surface area contributed by atoms with Gasteiger partial charge in [0.2, 0.25) is 0 Å². The van der Waals surface area contributed by atoms with Gasteiger partial charge in [0.1, 0.15) is 5.82 Å². The molecular formula is C16H20FN3. The zero-order valence-corrected chi connectivity index (χ0v) is 11.7. The Labute approximate surface area is 118 Å². The standard InChI is InChI=1S/C16H20FN3/c1-11-9-20(6-4-15(11)18)10-13-8-14(17)7-12-3-2-5-19-16(12)13/h2-3,5,7-8,11,15H,4,6,9-10,18H2,1H3. The Hall–Kier alpha value is -1.52. The number of likely N-dealkylation sites (tertiary alicyclic amines) is 1. The molecule has 1 aliphatic rings. The first-order valence-corrected chi connectivity index (χ1v) is 7.14. The first-order chi connectivity index (χ1) is 9.63. The third-order valence-corrected chi connectivity index (χ3v) is 4.20. The van der Waals surface area contributed by atoms with Gasteiger partial charge in [-0.3, -0.25) is 9.88 Å². The van der Waals surface area contributed by atoms with Crippen molar-refractivity contribution >= 4 is 10.9 Å². The molecule has 1 aromatic carbocycles. The summed E-state index contributed by atoms with van der Waals surface area (Å²) in [6.07, 6.45) is 2.76. The fourth-order valence-corrected chi connectivity index (χ4v) is 2.98. The van der Waals surface area contributed by atoms with Gasteiger partial charge in [-0.15, -0.1) is 0 Å². The van der Waals surface area contributed by atoms with Crippen molar-refractivity contribution in [3.05, 3.63) is 41.8 Å². The SMILES string of the molecule is CC1CN(Cc2cc(F)cc3cccnc23)CCC1N. The molecule has 2 unspecified atom stereocenters. The van der Waals surface area contributed by atoms with Crippen molar-refractivity contribution in [1.29, 1.82) is 0 Å². The summed E-state index contributed by atoms with van der Waals surface area (Å²) in [4.78, 5) is 6.75. The van der Waals surface area contributed by atoms with Crippen molar-refractivity contribution in [3.63, 3.8) is 0 Å². The second-order valence-corrected chi connectivity index (χ2v) is 5.80. The summed E-state index contributed by atoms with van der Waals surface area (Å²) < 4.78 is 13.7. The molecule has 0 bridgehead atoms. The summed E-state index contributed by atoms with van der Waals surface area (Å²) in [5, 5.41) is 0.865. The molecule has 1 saturated heterocycles. The zero-order chi connectivity index (χ0) is 14.1. The number of piperidine rings is 1. The van der Waals surface area contributed by atoms with E-state index in [9.17, 15) is 4.39 Å². The van der Waals surface area contributed by atoms with E-state index in [4.69, 9.17) is 5.73 Å². The molecular weight excluding hydrogens is 253 g/mol. The third-order valence-electron chi connectivity index (χ3n) is 4.20. The van der Waals surface area contributed by atoms with E-state index in [-0.39, 0.29) is 11.9 Å². The van der Waals surface area contributed by atoms with Crippen LogP contribution in [-0.4, -0.2) is 29.0 Å². The molecule has 3 rings (SSSR count). The van der Waals surface area contributed by atoms with Crippen molar-refractivity contribution in [2.45, 2.75) is 25.9 Å². The van der Waals surface area contributed by atoms with Crippen LogP contribution in [-0.2, 0) is 6.54 Å². The number of hydrogen-bond donors (Lipinski definition) is 1. The van der Waals surface area contributed by atoms with E-state index in [0.717, 1.165) is 42.5 Å². The molecule has 2 heterocycles. The van der Waals surface area contributed by atoms with Crippen LogP contribution in [0.2, 0.25) is 0 Å². The van der Waals surface area contributed by atoms with Crippen LogP contribution in [0.1, 0.15) is 18.9 Å². The summed E-state index contributed by atoms with van der Waals surface area (Å²) >= 11 is 0. The number of nitrogens with zero attached hydrogens (tertiary/aromatic N) is 2. The Morgan fingerprint density at radius 3 is 3.10 bits per heavy atom. The number of nitrogens with two attached hydrogens (primary N) is 1. The molecule has 1 aromatic heterocycles. The molecule has 0 radical (unpaired) electrons. The van der Waals surface area contributed by atoms with Gasteiger partial charge in [0, 0.05) is 30.7 Å². The molecule has 2 aromatic rings. The predicted molar refractivity (Wildman–Crippen MR) is 78.7 cm³/mol. The van der Waals surface area contributed by atoms with Gasteiger partial charge in [0.15, 0.2) is 0 Å². The summed E-state index contributed by atoms with van der Waals surface area (Å²) in [7, 11) is 0. The van der Waals surface area contributed by atoms with Crippen LogP contribution < -0.4 is 5.73 Å². The molecule has 0 aliphatic carbocycles. The summed E-state index contributed by atoms with van der Waals surface area (Å²) in [6, 6.07) is 7.18. The minimum atomic E-state index is -0.192. The molecule has 1 aliphatic heterocycles. The highest BCUT2D eigenvalue weighted by atomic mass is 19.1. The highest BCUT2D eigenvalue weighted by molar-refractivity contribution is 5.81.